The van der Waals surface area contributed by atoms with E-state index in [1.165, 1.54) is 24.0 Å². The minimum atomic E-state index is -0.883. The van der Waals surface area contributed by atoms with Crippen molar-refractivity contribution in [2.24, 2.45) is 0 Å². The lowest BCUT2D eigenvalue weighted by atomic mass is 10.2. The van der Waals surface area contributed by atoms with E-state index in [1.807, 2.05) is 6.92 Å². The van der Waals surface area contributed by atoms with E-state index in [1.54, 1.807) is 9.47 Å². The fraction of sp³-hybridized carbons (Fsp3) is 0.571. The Hall–Kier alpha value is -1.51. The van der Waals surface area contributed by atoms with Gasteiger partial charge in [0.2, 0.25) is 5.43 Å². The molecular weight excluding hydrogens is 308 g/mol. The first-order valence-electron chi connectivity index (χ1n) is 7.07. The number of aliphatic hydroxyl groups is 1. The number of aliphatic hydroxyl groups excluding tert-OH is 1. The van der Waals surface area contributed by atoms with Crippen LogP contribution < -0.4 is 5.43 Å². The summed E-state index contributed by atoms with van der Waals surface area (Å²) in [5.41, 5.74) is 0.0928. The normalized spacial score (nSPS) is 20.2. The molecule has 0 aliphatic carbocycles. The highest BCUT2D eigenvalue weighted by atomic mass is 32.2. The Balaban J connectivity index is 2.35. The molecule has 1 fully saturated rings. The second kappa shape index (κ2) is 7.17. The SMILES string of the molecule is CCC(CO)n1cc(O)c(=O)cc1CN1CSCC1C(=O)O. The third-order valence-electron chi connectivity index (χ3n) is 3.84. The average molecular weight is 328 g/mol. The van der Waals surface area contributed by atoms with Crippen LogP contribution in [0.1, 0.15) is 25.1 Å². The van der Waals surface area contributed by atoms with Gasteiger partial charge in [0.15, 0.2) is 5.75 Å². The molecule has 122 valence electrons. The molecule has 2 atom stereocenters. The predicted octanol–water partition coefficient (Wildman–Crippen LogP) is 0.457. The standard InChI is InChI=1S/C14H20N2O5S/c1-2-9(6-17)16-5-13(19)12(18)3-10(16)4-15-8-22-7-11(15)14(20)21/h3,5,9,11,17,19H,2,4,6-8H2,1H3,(H,20,21). The zero-order chi connectivity index (χ0) is 16.3. The van der Waals surface area contributed by atoms with Gasteiger partial charge in [0.05, 0.1) is 18.8 Å². The molecule has 0 radical (unpaired) electrons. The maximum Gasteiger partial charge on any atom is 0.321 e. The van der Waals surface area contributed by atoms with Crippen molar-refractivity contribution in [1.29, 1.82) is 0 Å². The molecular formula is C14H20N2O5S. The van der Waals surface area contributed by atoms with Crippen LogP contribution in [0.25, 0.3) is 0 Å². The van der Waals surface area contributed by atoms with Crippen LogP contribution in [-0.2, 0) is 11.3 Å². The van der Waals surface area contributed by atoms with Crippen LogP contribution in [0.3, 0.4) is 0 Å². The second-order valence-electron chi connectivity index (χ2n) is 5.27. The molecule has 7 nitrogen and oxygen atoms in total. The first-order valence-corrected chi connectivity index (χ1v) is 8.22. The molecule has 1 aliphatic rings. The first kappa shape index (κ1) is 16.9. The zero-order valence-electron chi connectivity index (χ0n) is 12.3. The number of carboxylic acids is 1. The van der Waals surface area contributed by atoms with Gasteiger partial charge in [0.25, 0.3) is 0 Å². The minimum absolute atomic E-state index is 0.122. The molecule has 1 saturated heterocycles. The lowest BCUT2D eigenvalue weighted by Crippen LogP contribution is -2.38. The number of aliphatic carboxylic acids is 1. The number of carbonyl (C=O) groups is 1. The summed E-state index contributed by atoms with van der Waals surface area (Å²) in [5.74, 6) is -0.176. The Bertz CT molecular complexity index is 599. The highest BCUT2D eigenvalue weighted by molar-refractivity contribution is 7.99. The highest BCUT2D eigenvalue weighted by Crippen LogP contribution is 2.25. The second-order valence-corrected chi connectivity index (χ2v) is 6.27. The minimum Gasteiger partial charge on any atom is -0.503 e. The highest BCUT2D eigenvalue weighted by Gasteiger charge is 2.31. The summed E-state index contributed by atoms with van der Waals surface area (Å²) in [5, 5.41) is 28.3. The van der Waals surface area contributed by atoms with Crippen LogP contribution >= 0.6 is 11.8 Å². The number of pyridine rings is 1. The molecule has 0 saturated carbocycles. The number of aromatic nitrogens is 1. The van der Waals surface area contributed by atoms with Crippen molar-refractivity contribution < 1.29 is 20.1 Å². The van der Waals surface area contributed by atoms with Gasteiger partial charge in [-0.3, -0.25) is 14.5 Å². The van der Waals surface area contributed by atoms with Crippen molar-refractivity contribution in [2.75, 3.05) is 18.2 Å². The van der Waals surface area contributed by atoms with E-state index in [4.69, 9.17) is 0 Å². The maximum absolute atomic E-state index is 11.7. The van der Waals surface area contributed by atoms with Crippen molar-refractivity contribution in [3.05, 3.63) is 28.2 Å². The fourth-order valence-electron chi connectivity index (χ4n) is 2.53. The Labute approximate surface area is 132 Å². The van der Waals surface area contributed by atoms with Gasteiger partial charge >= 0.3 is 5.97 Å². The van der Waals surface area contributed by atoms with Crippen molar-refractivity contribution in [3.63, 3.8) is 0 Å². The summed E-state index contributed by atoms with van der Waals surface area (Å²) in [6.07, 6.45) is 1.95. The molecule has 1 aromatic rings. The molecule has 0 aromatic carbocycles. The third-order valence-corrected chi connectivity index (χ3v) is 4.91. The van der Waals surface area contributed by atoms with Crippen LogP contribution in [0.4, 0.5) is 0 Å². The van der Waals surface area contributed by atoms with Gasteiger partial charge in [0, 0.05) is 29.9 Å². The number of hydrogen-bond donors (Lipinski definition) is 3. The summed E-state index contributed by atoms with van der Waals surface area (Å²) < 4.78 is 1.67. The predicted molar refractivity (Wildman–Crippen MR) is 83.1 cm³/mol. The summed E-state index contributed by atoms with van der Waals surface area (Å²) in [4.78, 5) is 24.7. The molecule has 22 heavy (non-hydrogen) atoms. The van der Waals surface area contributed by atoms with Gasteiger partial charge in [-0.2, -0.15) is 0 Å². The molecule has 1 aromatic heterocycles. The van der Waals surface area contributed by atoms with Crippen molar-refractivity contribution >= 4 is 17.7 Å². The zero-order valence-corrected chi connectivity index (χ0v) is 13.1. The van der Waals surface area contributed by atoms with Crippen LogP contribution in [0.2, 0.25) is 0 Å². The van der Waals surface area contributed by atoms with Gasteiger partial charge in [-0.05, 0) is 6.42 Å². The Morgan fingerprint density at radius 2 is 2.27 bits per heavy atom. The lowest BCUT2D eigenvalue weighted by Gasteiger charge is -2.26. The van der Waals surface area contributed by atoms with Crippen molar-refractivity contribution in [2.45, 2.75) is 32.0 Å². The van der Waals surface area contributed by atoms with Crippen molar-refractivity contribution in [3.8, 4) is 5.75 Å². The average Bonchev–Trinajstić information content (AvgIpc) is 2.93. The third kappa shape index (κ3) is 3.45. The van der Waals surface area contributed by atoms with Crippen LogP contribution in [0, 0.1) is 0 Å². The molecule has 2 heterocycles. The molecule has 8 heteroatoms. The molecule has 3 N–H and O–H groups in total. The molecule has 2 unspecified atom stereocenters. The van der Waals surface area contributed by atoms with Gasteiger partial charge in [-0.25, -0.2) is 0 Å². The number of nitrogens with zero attached hydrogens (tertiary/aromatic N) is 2. The van der Waals surface area contributed by atoms with E-state index in [2.05, 4.69) is 0 Å². The number of rotatable bonds is 6. The molecule has 2 rings (SSSR count). The molecule has 0 spiro atoms. The molecule has 1 aliphatic heterocycles. The van der Waals surface area contributed by atoms with E-state index < -0.39 is 17.4 Å². The van der Waals surface area contributed by atoms with Crippen LogP contribution in [0.15, 0.2) is 17.1 Å². The number of aromatic hydroxyl groups is 1. The smallest absolute Gasteiger partial charge is 0.321 e. The van der Waals surface area contributed by atoms with Gasteiger partial charge in [-0.15, -0.1) is 11.8 Å². The fourth-order valence-corrected chi connectivity index (χ4v) is 3.72. The number of hydrogen-bond acceptors (Lipinski definition) is 6. The van der Waals surface area contributed by atoms with Crippen LogP contribution in [0.5, 0.6) is 5.75 Å². The Morgan fingerprint density at radius 3 is 2.86 bits per heavy atom. The number of carboxylic acid groups (broad SMARTS) is 1. The maximum atomic E-state index is 11.7. The van der Waals surface area contributed by atoms with Crippen LogP contribution in [-0.4, -0.2) is 55.0 Å². The quantitative estimate of drug-likeness (QED) is 0.697. The largest absolute Gasteiger partial charge is 0.503 e. The van der Waals surface area contributed by atoms with Gasteiger partial charge in [0.1, 0.15) is 6.04 Å². The van der Waals surface area contributed by atoms with E-state index >= 15 is 0 Å². The monoisotopic (exact) mass is 328 g/mol. The van der Waals surface area contributed by atoms with E-state index in [-0.39, 0.29) is 24.9 Å². The van der Waals surface area contributed by atoms with Crippen molar-refractivity contribution in [1.82, 2.24) is 9.47 Å². The summed E-state index contributed by atoms with van der Waals surface area (Å²) in [6, 6.07) is 0.465. The topological polar surface area (TPSA) is 103 Å². The van der Waals surface area contributed by atoms with Gasteiger partial charge in [-0.1, -0.05) is 6.92 Å². The summed E-state index contributed by atoms with van der Waals surface area (Å²) in [7, 11) is 0. The van der Waals surface area contributed by atoms with E-state index in [9.17, 15) is 24.9 Å². The lowest BCUT2D eigenvalue weighted by molar-refractivity contribution is -0.141. The number of thioether (sulfide) groups is 1. The Kier molecular flexibility index (Phi) is 5.49. The van der Waals surface area contributed by atoms with E-state index in [0.29, 0.717) is 23.7 Å². The molecule has 0 bridgehead atoms. The van der Waals surface area contributed by atoms with E-state index in [0.717, 1.165) is 0 Å². The summed E-state index contributed by atoms with van der Waals surface area (Å²) in [6.45, 7) is 2.06. The van der Waals surface area contributed by atoms with Gasteiger partial charge < -0.3 is 19.9 Å². The molecule has 0 amide bonds. The Morgan fingerprint density at radius 1 is 1.55 bits per heavy atom. The first-order chi connectivity index (χ1) is 10.5. The summed E-state index contributed by atoms with van der Waals surface area (Å²) >= 11 is 1.53.